The molecule has 1 aliphatic rings. The Bertz CT molecular complexity index is 566. The van der Waals surface area contributed by atoms with Crippen molar-refractivity contribution in [3.8, 4) is 0 Å². The fraction of sp³-hybridized carbons (Fsp3) is 0.615. The molecule has 2 heterocycles. The molecule has 20 heavy (non-hydrogen) atoms. The Morgan fingerprint density at radius 2 is 2.15 bits per heavy atom. The SMILES string of the molecule is CC(=O)N[C@@H]1CN(S(=O)(=O)c2ccsc2)C[C@H]1C(C)C. The van der Waals surface area contributed by atoms with Crippen molar-refractivity contribution in [3.05, 3.63) is 16.8 Å². The predicted molar refractivity (Wildman–Crippen MR) is 79.0 cm³/mol. The van der Waals surface area contributed by atoms with Crippen molar-refractivity contribution >= 4 is 27.3 Å². The summed E-state index contributed by atoms with van der Waals surface area (Å²) in [6.07, 6.45) is 0. The average molecular weight is 316 g/mol. The van der Waals surface area contributed by atoms with Gasteiger partial charge in [0, 0.05) is 31.4 Å². The molecule has 1 N–H and O–H groups in total. The Balaban J connectivity index is 2.21. The number of carbonyl (C=O) groups is 1. The summed E-state index contributed by atoms with van der Waals surface area (Å²) in [6, 6.07) is 1.51. The van der Waals surface area contributed by atoms with E-state index in [0.29, 0.717) is 23.9 Å². The van der Waals surface area contributed by atoms with Crippen LogP contribution in [0.3, 0.4) is 0 Å². The first kappa shape index (κ1) is 15.5. The normalized spacial score (nSPS) is 24.2. The molecule has 2 rings (SSSR count). The van der Waals surface area contributed by atoms with Gasteiger partial charge in [-0.3, -0.25) is 4.79 Å². The third-order valence-electron chi connectivity index (χ3n) is 3.71. The lowest BCUT2D eigenvalue weighted by Crippen LogP contribution is -2.41. The number of amides is 1. The Kier molecular flexibility index (Phi) is 4.51. The second kappa shape index (κ2) is 5.83. The van der Waals surface area contributed by atoms with E-state index in [1.807, 2.05) is 0 Å². The first-order valence-electron chi connectivity index (χ1n) is 6.62. The van der Waals surface area contributed by atoms with Crippen LogP contribution in [0.15, 0.2) is 21.7 Å². The molecule has 0 aromatic carbocycles. The van der Waals surface area contributed by atoms with Crippen molar-refractivity contribution in [1.29, 1.82) is 0 Å². The summed E-state index contributed by atoms with van der Waals surface area (Å²) in [4.78, 5) is 11.6. The molecule has 1 saturated heterocycles. The quantitative estimate of drug-likeness (QED) is 0.916. The number of sulfonamides is 1. The zero-order valence-electron chi connectivity index (χ0n) is 11.9. The smallest absolute Gasteiger partial charge is 0.243 e. The average Bonchev–Trinajstić information content (AvgIpc) is 2.96. The van der Waals surface area contributed by atoms with Crippen molar-refractivity contribution in [2.45, 2.75) is 31.7 Å². The van der Waals surface area contributed by atoms with Gasteiger partial charge in [-0.15, -0.1) is 0 Å². The zero-order chi connectivity index (χ0) is 14.9. The molecule has 0 saturated carbocycles. The van der Waals surface area contributed by atoms with Crippen LogP contribution in [0.5, 0.6) is 0 Å². The molecule has 0 unspecified atom stereocenters. The summed E-state index contributed by atoms with van der Waals surface area (Å²) in [7, 11) is -3.44. The van der Waals surface area contributed by atoms with Gasteiger partial charge in [0.25, 0.3) is 0 Å². The van der Waals surface area contributed by atoms with E-state index in [9.17, 15) is 13.2 Å². The summed E-state index contributed by atoms with van der Waals surface area (Å²) in [5.41, 5.74) is 0. The van der Waals surface area contributed by atoms with Crippen LogP contribution >= 0.6 is 11.3 Å². The van der Waals surface area contributed by atoms with Gasteiger partial charge >= 0.3 is 0 Å². The van der Waals surface area contributed by atoms with Gasteiger partial charge in [0.05, 0.1) is 4.90 Å². The van der Waals surface area contributed by atoms with Gasteiger partial charge in [-0.25, -0.2) is 8.42 Å². The Morgan fingerprint density at radius 1 is 1.45 bits per heavy atom. The molecule has 1 fully saturated rings. The van der Waals surface area contributed by atoms with Crippen LogP contribution in [0.2, 0.25) is 0 Å². The zero-order valence-corrected chi connectivity index (χ0v) is 13.5. The predicted octanol–water partition coefficient (Wildman–Crippen LogP) is 1.53. The highest BCUT2D eigenvalue weighted by molar-refractivity contribution is 7.89. The molecular weight excluding hydrogens is 296 g/mol. The van der Waals surface area contributed by atoms with Crippen molar-refractivity contribution < 1.29 is 13.2 Å². The number of nitrogens with one attached hydrogen (secondary N) is 1. The van der Waals surface area contributed by atoms with E-state index in [1.165, 1.54) is 22.6 Å². The first-order valence-corrected chi connectivity index (χ1v) is 9.00. The number of carbonyl (C=O) groups excluding carboxylic acids is 1. The molecule has 1 amide bonds. The second-order valence-corrected chi connectivity index (χ2v) is 8.21. The van der Waals surface area contributed by atoms with Crippen LogP contribution in [0.1, 0.15) is 20.8 Å². The molecule has 0 spiro atoms. The minimum absolute atomic E-state index is 0.110. The summed E-state index contributed by atoms with van der Waals surface area (Å²) >= 11 is 1.37. The largest absolute Gasteiger partial charge is 0.352 e. The first-order chi connectivity index (χ1) is 9.32. The summed E-state index contributed by atoms with van der Waals surface area (Å²) in [5.74, 6) is 0.345. The fourth-order valence-electron chi connectivity index (χ4n) is 2.62. The third-order valence-corrected chi connectivity index (χ3v) is 6.37. The molecule has 1 aromatic heterocycles. The van der Waals surface area contributed by atoms with Gasteiger partial charge < -0.3 is 5.32 Å². The number of nitrogens with zero attached hydrogens (tertiary/aromatic N) is 1. The van der Waals surface area contributed by atoms with Gasteiger partial charge in [-0.2, -0.15) is 15.6 Å². The summed E-state index contributed by atoms with van der Waals surface area (Å²) in [6.45, 7) is 6.38. The summed E-state index contributed by atoms with van der Waals surface area (Å²) < 4.78 is 26.5. The minimum Gasteiger partial charge on any atom is -0.352 e. The fourth-order valence-corrected chi connectivity index (χ4v) is 5.14. The topological polar surface area (TPSA) is 66.5 Å². The van der Waals surface area contributed by atoms with Gasteiger partial charge in [0.1, 0.15) is 0 Å². The highest BCUT2D eigenvalue weighted by Gasteiger charge is 2.40. The monoisotopic (exact) mass is 316 g/mol. The van der Waals surface area contributed by atoms with Crippen LogP contribution in [0, 0.1) is 11.8 Å². The molecule has 0 bridgehead atoms. The standard InChI is InChI=1S/C13H20N2O3S2/c1-9(2)12-6-15(7-13(12)14-10(3)16)20(17,18)11-4-5-19-8-11/h4-5,8-9,12-13H,6-7H2,1-3H3,(H,14,16)/t12-,13+/m0/s1. The van der Waals surface area contributed by atoms with Gasteiger partial charge in [0.2, 0.25) is 15.9 Å². The van der Waals surface area contributed by atoms with E-state index in [1.54, 1.807) is 16.8 Å². The number of thiophene rings is 1. The molecule has 0 aliphatic carbocycles. The molecule has 112 valence electrons. The maximum absolute atomic E-state index is 12.5. The molecule has 1 aromatic rings. The van der Waals surface area contributed by atoms with Crippen molar-refractivity contribution in [3.63, 3.8) is 0 Å². The second-order valence-electron chi connectivity index (χ2n) is 5.50. The summed E-state index contributed by atoms with van der Waals surface area (Å²) in [5, 5.41) is 6.28. The molecular formula is C13H20N2O3S2. The molecule has 0 radical (unpaired) electrons. The highest BCUT2D eigenvalue weighted by atomic mass is 32.2. The van der Waals surface area contributed by atoms with Crippen LogP contribution in [-0.4, -0.2) is 37.8 Å². The van der Waals surface area contributed by atoms with Crippen LogP contribution < -0.4 is 5.32 Å². The maximum atomic E-state index is 12.5. The third kappa shape index (κ3) is 3.05. The van der Waals surface area contributed by atoms with E-state index in [-0.39, 0.29) is 17.9 Å². The number of hydrogen-bond donors (Lipinski definition) is 1. The lowest BCUT2D eigenvalue weighted by molar-refractivity contribution is -0.119. The van der Waals surface area contributed by atoms with E-state index in [4.69, 9.17) is 0 Å². The molecule has 1 aliphatic heterocycles. The molecule has 7 heteroatoms. The van der Waals surface area contributed by atoms with Crippen molar-refractivity contribution in [2.24, 2.45) is 11.8 Å². The number of hydrogen-bond acceptors (Lipinski definition) is 4. The van der Waals surface area contributed by atoms with Crippen molar-refractivity contribution in [1.82, 2.24) is 9.62 Å². The van der Waals surface area contributed by atoms with Crippen LogP contribution in [-0.2, 0) is 14.8 Å². The van der Waals surface area contributed by atoms with Crippen molar-refractivity contribution in [2.75, 3.05) is 13.1 Å². The van der Waals surface area contributed by atoms with E-state index in [2.05, 4.69) is 19.2 Å². The van der Waals surface area contributed by atoms with Crippen LogP contribution in [0.4, 0.5) is 0 Å². The lowest BCUT2D eigenvalue weighted by atomic mass is 9.91. The Labute approximate surface area is 124 Å². The van der Waals surface area contributed by atoms with E-state index in [0.717, 1.165) is 0 Å². The lowest BCUT2D eigenvalue weighted by Gasteiger charge is -2.21. The Hall–Kier alpha value is -0.920. The van der Waals surface area contributed by atoms with Gasteiger partial charge in [0.15, 0.2) is 0 Å². The Morgan fingerprint density at radius 3 is 2.65 bits per heavy atom. The van der Waals surface area contributed by atoms with Gasteiger partial charge in [-0.05, 0) is 23.3 Å². The minimum atomic E-state index is -3.44. The number of rotatable bonds is 4. The van der Waals surface area contributed by atoms with Gasteiger partial charge in [-0.1, -0.05) is 13.8 Å². The van der Waals surface area contributed by atoms with E-state index >= 15 is 0 Å². The van der Waals surface area contributed by atoms with Crippen LogP contribution in [0.25, 0.3) is 0 Å². The van der Waals surface area contributed by atoms with E-state index < -0.39 is 10.0 Å². The highest BCUT2D eigenvalue weighted by Crippen LogP contribution is 2.29. The maximum Gasteiger partial charge on any atom is 0.243 e. The molecule has 2 atom stereocenters. The molecule has 5 nitrogen and oxygen atoms in total.